The molecule has 2 rings (SSSR count). The lowest BCUT2D eigenvalue weighted by molar-refractivity contribution is 0.587. The van der Waals surface area contributed by atoms with Crippen molar-refractivity contribution in [2.24, 2.45) is 0 Å². The van der Waals surface area contributed by atoms with E-state index in [1.807, 2.05) is 30.3 Å². The molecule has 0 fully saturated rings. The van der Waals surface area contributed by atoms with Crippen LogP contribution in [0.3, 0.4) is 0 Å². The van der Waals surface area contributed by atoms with Crippen LogP contribution in [0.4, 0.5) is 4.39 Å². The predicted molar refractivity (Wildman–Crippen MR) is 75.8 cm³/mol. The van der Waals surface area contributed by atoms with E-state index in [2.05, 4.69) is 21.2 Å². The third-order valence-electron chi connectivity index (χ3n) is 2.77. The molecule has 0 heterocycles. The van der Waals surface area contributed by atoms with Gasteiger partial charge in [0.15, 0.2) is 0 Å². The van der Waals surface area contributed by atoms with E-state index in [9.17, 15) is 4.39 Å². The molecule has 0 unspecified atom stereocenters. The van der Waals surface area contributed by atoms with Crippen LogP contribution in [0.1, 0.15) is 16.7 Å². The molecule has 2 nitrogen and oxygen atoms in total. The summed E-state index contributed by atoms with van der Waals surface area (Å²) >= 11 is 3.47. The van der Waals surface area contributed by atoms with Crippen molar-refractivity contribution in [2.45, 2.75) is 13.1 Å². The Morgan fingerprint density at radius 3 is 2.53 bits per heavy atom. The molecule has 96 valence electrons. The minimum atomic E-state index is -0.348. The van der Waals surface area contributed by atoms with E-state index in [0.29, 0.717) is 24.2 Å². The van der Waals surface area contributed by atoms with Gasteiger partial charge in [-0.2, -0.15) is 5.26 Å². The Hall–Kier alpha value is -1.70. The highest BCUT2D eigenvalue weighted by molar-refractivity contribution is 9.10. The smallest absolute Gasteiger partial charge is 0.129 e. The lowest BCUT2D eigenvalue weighted by atomic mass is 10.1. The first-order valence-corrected chi connectivity index (χ1v) is 6.62. The summed E-state index contributed by atoms with van der Waals surface area (Å²) in [7, 11) is 0. The fourth-order valence-electron chi connectivity index (χ4n) is 1.73. The topological polar surface area (TPSA) is 35.8 Å². The lowest BCUT2D eigenvalue weighted by Gasteiger charge is -2.08. The Balaban J connectivity index is 1.97. The Morgan fingerprint density at radius 2 is 1.84 bits per heavy atom. The van der Waals surface area contributed by atoms with Gasteiger partial charge in [0.1, 0.15) is 5.82 Å². The molecule has 0 saturated carbocycles. The van der Waals surface area contributed by atoms with Crippen molar-refractivity contribution in [3.05, 3.63) is 69.4 Å². The Morgan fingerprint density at radius 1 is 1.11 bits per heavy atom. The van der Waals surface area contributed by atoms with Crippen LogP contribution >= 0.6 is 15.9 Å². The third kappa shape index (κ3) is 3.63. The summed E-state index contributed by atoms with van der Waals surface area (Å²) in [5.74, 6) is -0.348. The SMILES string of the molecule is N#Cc1ccc(CNCc2ccccc2Br)c(F)c1. The van der Waals surface area contributed by atoms with E-state index >= 15 is 0 Å². The highest BCUT2D eigenvalue weighted by Crippen LogP contribution is 2.16. The van der Waals surface area contributed by atoms with Gasteiger partial charge in [0.25, 0.3) is 0 Å². The zero-order valence-corrected chi connectivity index (χ0v) is 11.7. The van der Waals surface area contributed by atoms with Gasteiger partial charge in [0.05, 0.1) is 11.6 Å². The van der Waals surface area contributed by atoms with Gasteiger partial charge in [0, 0.05) is 23.1 Å². The van der Waals surface area contributed by atoms with E-state index < -0.39 is 0 Å². The van der Waals surface area contributed by atoms with Crippen molar-refractivity contribution in [3.8, 4) is 6.07 Å². The van der Waals surface area contributed by atoms with Gasteiger partial charge in [-0.15, -0.1) is 0 Å². The van der Waals surface area contributed by atoms with Crippen LogP contribution in [0.15, 0.2) is 46.9 Å². The van der Waals surface area contributed by atoms with Crippen molar-refractivity contribution in [2.75, 3.05) is 0 Å². The van der Waals surface area contributed by atoms with Crippen molar-refractivity contribution in [1.29, 1.82) is 5.26 Å². The molecule has 1 N–H and O–H groups in total. The third-order valence-corrected chi connectivity index (χ3v) is 3.54. The molecule has 0 aliphatic heterocycles. The second-order valence-electron chi connectivity index (χ2n) is 4.11. The monoisotopic (exact) mass is 318 g/mol. The predicted octanol–water partition coefficient (Wildman–Crippen LogP) is 3.75. The van der Waals surface area contributed by atoms with Crippen LogP contribution in [-0.4, -0.2) is 0 Å². The maximum absolute atomic E-state index is 13.6. The number of halogens is 2. The average Bonchev–Trinajstić information content (AvgIpc) is 2.42. The van der Waals surface area contributed by atoms with Gasteiger partial charge in [0.2, 0.25) is 0 Å². The van der Waals surface area contributed by atoms with Crippen LogP contribution in [0.25, 0.3) is 0 Å². The zero-order chi connectivity index (χ0) is 13.7. The maximum Gasteiger partial charge on any atom is 0.129 e. The second-order valence-corrected chi connectivity index (χ2v) is 4.97. The molecule has 0 atom stereocenters. The molecule has 2 aromatic rings. The summed E-state index contributed by atoms with van der Waals surface area (Å²) in [6, 6.07) is 14.3. The van der Waals surface area contributed by atoms with E-state index in [1.54, 1.807) is 12.1 Å². The van der Waals surface area contributed by atoms with Gasteiger partial charge in [-0.3, -0.25) is 0 Å². The number of nitrogens with one attached hydrogen (secondary N) is 1. The van der Waals surface area contributed by atoms with Crippen LogP contribution in [-0.2, 0) is 13.1 Å². The molecule has 4 heteroatoms. The second kappa shape index (κ2) is 6.46. The molecule has 0 spiro atoms. The summed E-state index contributed by atoms with van der Waals surface area (Å²) in [5.41, 5.74) is 2.02. The lowest BCUT2D eigenvalue weighted by Crippen LogP contribution is -2.14. The van der Waals surface area contributed by atoms with Gasteiger partial charge >= 0.3 is 0 Å². The van der Waals surface area contributed by atoms with Crippen molar-refractivity contribution in [3.63, 3.8) is 0 Å². The van der Waals surface area contributed by atoms with Gasteiger partial charge in [-0.1, -0.05) is 40.2 Å². The minimum absolute atomic E-state index is 0.340. The van der Waals surface area contributed by atoms with Crippen LogP contribution in [0.5, 0.6) is 0 Å². The first kappa shape index (κ1) is 13.7. The van der Waals surface area contributed by atoms with E-state index in [1.165, 1.54) is 6.07 Å². The highest BCUT2D eigenvalue weighted by Gasteiger charge is 2.04. The normalized spacial score (nSPS) is 10.2. The van der Waals surface area contributed by atoms with Crippen molar-refractivity contribution < 1.29 is 4.39 Å². The number of nitrogens with zero attached hydrogens (tertiary/aromatic N) is 1. The maximum atomic E-state index is 13.6. The molecule has 19 heavy (non-hydrogen) atoms. The summed E-state index contributed by atoms with van der Waals surface area (Å²) in [6.07, 6.45) is 0. The molecular formula is C15H12BrFN2. The van der Waals surface area contributed by atoms with Crippen LogP contribution in [0.2, 0.25) is 0 Å². The molecular weight excluding hydrogens is 307 g/mol. The molecule has 0 aliphatic carbocycles. The number of hydrogen-bond donors (Lipinski definition) is 1. The van der Waals surface area contributed by atoms with Gasteiger partial charge in [-0.05, 0) is 23.8 Å². The average molecular weight is 319 g/mol. The quantitative estimate of drug-likeness (QED) is 0.932. The first-order chi connectivity index (χ1) is 9.20. The summed E-state index contributed by atoms with van der Waals surface area (Å²) in [4.78, 5) is 0. The fourth-order valence-corrected chi connectivity index (χ4v) is 2.16. The van der Waals surface area contributed by atoms with Gasteiger partial charge in [-0.25, -0.2) is 4.39 Å². The fraction of sp³-hybridized carbons (Fsp3) is 0.133. The molecule has 0 bridgehead atoms. The highest BCUT2D eigenvalue weighted by atomic mass is 79.9. The number of nitriles is 1. The molecule has 0 aromatic heterocycles. The summed E-state index contributed by atoms with van der Waals surface area (Å²) in [6.45, 7) is 1.08. The molecule has 0 amide bonds. The molecule has 0 saturated heterocycles. The number of rotatable bonds is 4. The van der Waals surface area contributed by atoms with E-state index in [0.717, 1.165) is 10.0 Å². The molecule has 0 radical (unpaired) electrons. The van der Waals surface area contributed by atoms with Crippen LogP contribution in [0, 0.1) is 17.1 Å². The number of hydrogen-bond acceptors (Lipinski definition) is 2. The van der Waals surface area contributed by atoms with Crippen molar-refractivity contribution in [1.82, 2.24) is 5.32 Å². The standard InChI is InChI=1S/C15H12BrFN2/c16-14-4-2-1-3-12(14)9-19-10-13-6-5-11(8-18)7-15(13)17/h1-7,19H,9-10H2. The van der Waals surface area contributed by atoms with Gasteiger partial charge < -0.3 is 5.32 Å². The zero-order valence-electron chi connectivity index (χ0n) is 10.2. The van der Waals surface area contributed by atoms with E-state index in [4.69, 9.17) is 5.26 Å². The summed E-state index contributed by atoms with van der Waals surface area (Å²) < 4.78 is 14.7. The molecule has 0 aliphatic rings. The van der Waals surface area contributed by atoms with Crippen molar-refractivity contribution >= 4 is 15.9 Å². The van der Waals surface area contributed by atoms with Crippen LogP contribution < -0.4 is 5.32 Å². The largest absolute Gasteiger partial charge is 0.308 e. The Bertz CT molecular complexity index is 620. The minimum Gasteiger partial charge on any atom is -0.308 e. The Labute approximate surface area is 120 Å². The summed E-state index contributed by atoms with van der Waals surface area (Å²) in [5, 5.41) is 11.9. The molecule has 2 aromatic carbocycles. The first-order valence-electron chi connectivity index (χ1n) is 5.83. The number of benzene rings is 2. The van der Waals surface area contributed by atoms with E-state index in [-0.39, 0.29) is 5.82 Å². The Kier molecular flexibility index (Phi) is 4.67.